The van der Waals surface area contributed by atoms with Crippen LogP contribution in [-0.4, -0.2) is 45.5 Å². The molecule has 1 saturated heterocycles. The molecule has 2 rings (SSSR count). The van der Waals surface area contributed by atoms with Crippen molar-refractivity contribution in [3.8, 4) is 0 Å². The van der Waals surface area contributed by atoms with E-state index in [4.69, 9.17) is 16.3 Å². The van der Waals surface area contributed by atoms with Crippen LogP contribution in [0.3, 0.4) is 0 Å². The number of carboxylic acid groups (broad SMARTS) is 1. The van der Waals surface area contributed by atoms with E-state index in [1.54, 1.807) is 44.7 Å². The number of carboxylic acids is 1. The highest BCUT2D eigenvalue weighted by Gasteiger charge is 2.41. The van der Waals surface area contributed by atoms with Crippen LogP contribution in [-0.2, 0) is 9.53 Å². The van der Waals surface area contributed by atoms with Crippen molar-refractivity contribution < 1.29 is 19.4 Å². The van der Waals surface area contributed by atoms with Gasteiger partial charge in [-0.3, -0.25) is 4.90 Å². The van der Waals surface area contributed by atoms with Gasteiger partial charge < -0.3 is 9.84 Å². The summed E-state index contributed by atoms with van der Waals surface area (Å²) in [6, 6.07) is 6.51. The molecule has 0 saturated carbocycles. The Morgan fingerprint density at radius 1 is 1.30 bits per heavy atom. The van der Waals surface area contributed by atoms with Crippen molar-refractivity contribution in [2.75, 3.05) is 6.54 Å². The van der Waals surface area contributed by atoms with Crippen molar-refractivity contribution in [1.29, 1.82) is 0 Å². The first kappa shape index (κ1) is 17.9. The molecule has 1 heterocycles. The van der Waals surface area contributed by atoms with E-state index in [1.807, 2.05) is 12.1 Å². The molecule has 1 fully saturated rings. The molecule has 5 nitrogen and oxygen atoms in total. The van der Waals surface area contributed by atoms with Crippen molar-refractivity contribution in [3.05, 3.63) is 29.3 Å². The number of benzene rings is 1. The fourth-order valence-corrected chi connectivity index (χ4v) is 3.66. The fraction of sp³-hybridized carbons (Fsp3) is 0.500. The quantitative estimate of drug-likeness (QED) is 0.888. The number of aliphatic carboxylic acids is 1. The zero-order valence-corrected chi connectivity index (χ0v) is 14.9. The minimum Gasteiger partial charge on any atom is -0.480 e. The molecule has 126 valence electrons. The van der Waals surface area contributed by atoms with Crippen LogP contribution in [0.4, 0.5) is 4.79 Å². The maximum Gasteiger partial charge on any atom is 0.411 e. The Bertz CT molecular complexity index is 585. The maximum atomic E-state index is 12.2. The summed E-state index contributed by atoms with van der Waals surface area (Å²) >= 11 is 7.41. The lowest BCUT2D eigenvalue weighted by Crippen LogP contribution is -2.43. The average Bonchev–Trinajstić information content (AvgIpc) is 2.84. The second kappa shape index (κ2) is 7.01. The van der Waals surface area contributed by atoms with E-state index < -0.39 is 23.7 Å². The van der Waals surface area contributed by atoms with Crippen LogP contribution in [0.1, 0.15) is 27.2 Å². The monoisotopic (exact) mass is 357 g/mol. The van der Waals surface area contributed by atoms with Gasteiger partial charge in [0.2, 0.25) is 0 Å². The minimum absolute atomic E-state index is 0.00444. The lowest BCUT2D eigenvalue weighted by atomic mass is 10.2. The number of carbonyl (C=O) groups is 2. The molecule has 23 heavy (non-hydrogen) atoms. The molecule has 2 atom stereocenters. The second-order valence-electron chi connectivity index (χ2n) is 6.42. The van der Waals surface area contributed by atoms with E-state index >= 15 is 0 Å². The van der Waals surface area contributed by atoms with E-state index in [0.717, 1.165) is 4.90 Å². The number of nitrogens with zero attached hydrogens (tertiary/aromatic N) is 1. The zero-order chi connectivity index (χ0) is 17.2. The van der Waals surface area contributed by atoms with Crippen LogP contribution in [0.5, 0.6) is 0 Å². The number of hydrogen-bond donors (Lipinski definition) is 1. The number of halogens is 1. The summed E-state index contributed by atoms with van der Waals surface area (Å²) in [4.78, 5) is 26.0. The van der Waals surface area contributed by atoms with Crippen LogP contribution >= 0.6 is 23.4 Å². The molecule has 1 aromatic rings. The predicted molar refractivity (Wildman–Crippen MR) is 90.1 cm³/mol. The molecule has 1 aliphatic heterocycles. The Morgan fingerprint density at radius 2 is 1.91 bits per heavy atom. The summed E-state index contributed by atoms with van der Waals surface area (Å²) in [7, 11) is 0. The Kier molecular flexibility index (Phi) is 5.47. The molecule has 1 unspecified atom stereocenters. The molecule has 1 aliphatic rings. The molecular weight excluding hydrogens is 338 g/mol. The molecule has 7 heteroatoms. The first-order chi connectivity index (χ1) is 10.7. The minimum atomic E-state index is -1.00. The summed E-state index contributed by atoms with van der Waals surface area (Å²) in [5, 5.41) is 10.0. The third-order valence-electron chi connectivity index (χ3n) is 3.29. The second-order valence-corrected chi connectivity index (χ2v) is 8.23. The highest BCUT2D eigenvalue weighted by Crippen LogP contribution is 2.34. The van der Waals surface area contributed by atoms with E-state index in [2.05, 4.69) is 0 Å². The van der Waals surface area contributed by atoms with Crippen molar-refractivity contribution in [1.82, 2.24) is 4.90 Å². The Labute approximate surface area is 144 Å². The molecule has 0 spiro atoms. The molecule has 0 radical (unpaired) electrons. The summed E-state index contributed by atoms with van der Waals surface area (Å²) in [6.45, 7) is 5.63. The van der Waals surface area contributed by atoms with Gasteiger partial charge >= 0.3 is 12.1 Å². The molecule has 1 aromatic carbocycles. The van der Waals surface area contributed by atoms with Crippen molar-refractivity contribution in [3.63, 3.8) is 0 Å². The van der Waals surface area contributed by atoms with Crippen LogP contribution in [0, 0.1) is 0 Å². The van der Waals surface area contributed by atoms with Gasteiger partial charge in [0.25, 0.3) is 0 Å². The Balaban J connectivity index is 2.06. The van der Waals surface area contributed by atoms with Crippen LogP contribution in [0.25, 0.3) is 0 Å². The topological polar surface area (TPSA) is 66.8 Å². The van der Waals surface area contributed by atoms with E-state index in [1.165, 1.54) is 4.90 Å². The van der Waals surface area contributed by atoms with Crippen LogP contribution in [0.2, 0.25) is 5.02 Å². The Morgan fingerprint density at radius 3 is 2.43 bits per heavy atom. The van der Waals surface area contributed by atoms with E-state index in [0.29, 0.717) is 18.0 Å². The third-order valence-corrected chi connectivity index (χ3v) is 4.76. The number of thioether (sulfide) groups is 1. The summed E-state index contributed by atoms with van der Waals surface area (Å²) in [5.41, 5.74) is -0.651. The summed E-state index contributed by atoms with van der Waals surface area (Å²) < 4.78 is 5.31. The van der Waals surface area contributed by atoms with Crippen LogP contribution < -0.4 is 0 Å². The van der Waals surface area contributed by atoms with Crippen LogP contribution in [0.15, 0.2) is 29.2 Å². The van der Waals surface area contributed by atoms with Crippen molar-refractivity contribution in [2.24, 2.45) is 0 Å². The van der Waals surface area contributed by atoms with Gasteiger partial charge in [0, 0.05) is 21.7 Å². The third kappa shape index (κ3) is 5.04. The van der Waals surface area contributed by atoms with Gasteiger partial charge in [-0.1, -0.05) is 11.6 Å². The number of likely N-dealkylation sites (tertiary alicyclic amines) is 1. The summed E-state index contributed by atoms with van der Waals surface area (Å²) in [6.07, 6.45) is -0.189. The van der Waals surface area contributed by atoms with Crippen molar-refractivity contribution >= 4 is 35.4 Å². The molecule has 0 aromatic heterocycles. The molecule has 0 bridgehead atoms. The molecule has 1 N–H and O–H groups in total. The van der Waals surface area contributed by atoms with Gasteiger partial charge in [-0.25, -0.2) is 9.59 Å². The number of carbonyl (C=O) groups excluding carboxylic acids is 1. The van der Waals surface area contributed by atoms with E-state index in [9.17, 15) is 14.7 Å². The Hall–Kier alpha value is -1.40. The van der Waals surface area contributed by atoms with Gasteiger partial charge in [-0.15, -0.1) is 11.8 Å². The molecular formula is C16H20ClNO4S. The first-order valence-corrected chi connectivity index (χ1v) is 8.56. The SMILES string of the molecule is CC(C)(C)OC(=O)N1CC(Sc2ccc(Cl)cc2)C[C@@H]1C(=O)O. The summed E-state index contributed by atoms with van der Waals surface area (Å²) in [5.74, 6) is -1.00. The van der Waals surface area contributed by atoms with E-state index in [-0.39, 0.29) is 5.25 Å². The smallest absolute Gasteiger partial charge is 0.411 e. The number of ether oxygens (including phenoxy) is 1. The van der Waals surface area contributed by atoms with Gasteiger partial charge in [0.15, 0.2) is 0 Å². The van der Waals surface area contributed by atoms with Gasteiger partial charge in [-0.2, -0.15) is 0 Å². The van der Waals surface area contributed by atoms with Gasteiger partial charge in [0.05, 0.1) is 0 Å². The van der Waals surface area contributed by atoms with Crippen molar-refractivity contribution in [2.45, 2.75) is 49.0 Å². The zero-order valence-electron chi connectivity index (χ0n) is 13.3. The highest BCUT2D eigenvalue weighted by molar-refractivity contribution is 8.00. The standard InChI is InChI=1S/C16H20ClNO4S/c1-16(2,3)22-15(21)18-9-12(8-13(18)14(19)20)23-11-6-4-10(17)5-7-11/h4-7,12-13H,8-9H2,1-3H3,(H,19,20)/t12?,13-/m1/s1. The molecule has 0 aliphatic carbocycles. The van der Waals surface area contributed by atoms with Gasteiger partial charge in [0.1, 0.15) is 11.6 Å². The number of rotatable bonds is 3. The first-order valence-electron chi connectivity index (χ1n) is 7.30. The fourth-order valence-electron chi connectivity index (χ4n) is 2.34. The van der Waals surface area contributed by atoms with Gasteiger partial charge in [-0.05, 0) is 51.5 Å². The normalized spacial score (nSPS) is 21.3. The average molecular weight is 358 g/mol. The number of amides is 1. The largest absolute Gasteiger partial charge is 0.480 e. The number of hydrogen-bond acceptors (Lipinski definition) is 4. The maximum absolute atomic E-state index is 12.2. The molecule has 1 amide bonds. The predicted octanol–water partition coefficient (Wildman–Crippen LogP) is 3.89. The highest BCUT2D eigenvalue weighted by atomic mass is 35.5. The lowest BCUT2D eigenvalue weighted by molar-refractivity contribution is -0.142. The lowest BCUT2D eigenvalue weighted by Gasteiger charge is -2.26.